The lowest BCUT2D eigenvalue weighted by molar-refractivity contribution is -0.0186. The predicted octanol–water partition coefficient (Wildman–Crippen LogP) is 1.81. The van der Waals surface area contributed by atoms with Gasteiger partial charge >= 0.3 is 0 Å². The highest BCUT2D eigenvalue weighted by molar-refractivity contribution is 5.63. The van der Waals surface area contributed by atoms with Gasteiger partial charge in [-0.25, -0.2) is 4.98 Å². The van der Waals surface area contributed by atoms with Gasteiger partial charge in [0.05, 0.1) is 18.4 Å². The predicted molar refractivity (Wildman–Crippen MR) is 76.7 cm³/mol. The maximum Gasteiger partial charge on any atom is 0.233 e. The van der Waals surface area contributed by atoms with Crippen molar-refractivity contribution in [1.29, 1.82) is 5.26 Å². The third-order valence-electron chi connectivity index (χ3n) is 4.33. The molecule has 0 saturated carbocycles. The zero-order valence-corrected chi connectivity index (χ0v) is 12.4. The van der Waals surface area contributed by atoms with E-state index in [4.69, 9.17) is 4.74 Å². The van der Waals surface area contributed by atoms with Crippen LogP contribution in [0.25, 0.3) is 0 Å². The van der Waals surface area contributed by atoms with Gasteiger partial charge in [-0.2, -0.15) is 5.26 Å². The number of methoxy groups -OCH3 is 1. The van der Waals surface area contributed by atoms with Crippen LogP contribution in [-0.2, 0) is 0 Å². The van der Waals surface area contributed by atoms with Crippen LogP contribution in [0.4, 0.5) is 5.69 Å². The summed E-state index contributed by atoms with van der Waals surface area (Å²) in [6, 6.07) is 3.96. The molecule has 108 valence electrons. The maximum absolute atomic E-state index is 10.8. The van der Waals surface area contributed by atoms with Crippen molar-refractivity contribution >= 4 is 5.69 Å². The van der Waals surface area contributed by atoms with Gasteiger partial charge in [-0.1, -0.05) is 20.8 Å². The van der Waals surface area contributed by atoms with E-state index in [1.807, 2.05) is 25.7 Å². The van der Waals surface area contributed by atoms with Crippen molar-refractivity contribution in [2.75, 3.05) is 25.1 Å². The van der Waals surface area contributed by atoms with E-state index in [0.29, 0.717) is 18.0 Å². The number of aromatic nitrogens is 1. The molecule has 5 nitrogen and oxygen atoms in total. The number of hydrogen-bond donors (Lipinski definition) is 1. The van der Waals surface area contributed by atoms with Gasteiger partial charge in [0.2, 0.25) is 5.88 Å². The van der Waals surface area contributed by atoms with Gasteiger partial charge in [-0.3, -0.25) is 0 Å². The smallest absolute Gasteiger partial charge is 0.233 e. The molecule has 20 heavy (non-hydrogen) atoms. The first-order chi connectivity index (χ1) is 9.43. The van der Waals surface area contributed by atoms with Gasteiger partial charge in [0.15, 0.2) is 0 Å². The van der Waals surface area contributed by atoms with Gasteiger partial charge < -0.3 is 14.7 Å². The third kappa shape index (κ3) is 2.20. The molecule has 1 aromatic rings. The van der Waals surface area contributed by atoms with Crippen LogP contribution in [0.1, 0.15) is 26.3 Å². The number of rotatable bonds is 3. The minimum Gasteiger partial charge on any atom is -0.480 e. The zero-order valence-electron chi connectivity index (χ0n) is 12.4. The molecule has 1 aliphatic rings. The number of anilines is 1. The molecule has 0 radical (unpaired) electrons. The van der Waals surface area contributed by atoms with E-state index < -0.39 is 5.60 Å². The molecule has 2 rings (SSSR count). The first-order valence-electron chi connectivity index (χ1n) is 6.84. The molecule has 0 spiro atoms. The van der Waals surface area contributed by atoms with Crippen molar-refractivity contribution in [2.45, 2.75) is 26.4 Å². The summed E-state index contributed by atoms with van der Waals surface area (Å²) < 4.78 is 5.14. The van der Waals surface area contributed by atoms with Gasteiger partial charge in [-0.15, -0.1) is 0 Å². The molecular weight excluding hydrogens is 254 g/mol. The molecule has 0 bridgehead atoms. The quantitative estimate of drug-likeness (QED) is 0.911. The fourth-order valence-corrected chi connectivity index (χ4v) is 2.91. The lowest BCUT2D eigenvalue weighted by atomic mass is 9.82. The van der Waals surface area contributed by atoms with Crippen molar-refractivity contribution < 1.29 is 9.84 Å². The van der Waals surface area contributed by atoms with Crippen molar-refractivity contribution in [3.8, 4) is 11.9 Å². The van der Waals surface area contributed by atoms with E-state index in [1.54, 1.807) is 12.3 Å². The lowest BCUT2D eigenvalue weighted by Crippen LogP contribution is -2.42. The summed E-state index contributed by atoms with van der Waals surface area (Å²) in [6.07, 6.45) is 1.63. The van der Waals surface area contributed by atoms with E-state index in [0.717, 1.165) is 12.2 Å². The second kappa shape index (κ2) is 5.29. The van der Waals surface area contributed by atoms with Crippen LogP contribution < -0.4 is 9.64 Å². The van der Waals surface area contributed by atoms with Crippen molar-refractivity contribution in [2.24, 2.45) is 11.8 Å². The molecule has 1 aliphatic heterocycles. The van der Waals surface area contributed by atoms with E-state index in [1.165, 1.54) is 7.11 Å². The summed E-state index contributed by atoms with van der Waals surface area (Å²) in [5.74, 6) is 0.641. The molecule has 5 heteroatoms. The Morgan fingerprint density at radius 1 is 1.60 bits per heavy atom. The number of aliphatic hydroxyl groups is 1. The van der Waals surface area contributed by atoms with E-state index in [-0.39, 0.29) is 11.8 Å². The van der Waals surface area contributed by atoms with Gasteiger partial charge in [0, 0.05) is 25.2 Å². The number of pyridine rings is 1. The molecule has 0 aromatic carbocycles. The highest BCUT2D eigenvalue weighted by atomic mass is 16.5. The fourth-order valence-electron chi connectivity index (χ4n) is 2.91. The Balaban J connectivity index is 2.38. The van der Waals surface area contributed by atoms with Gasteiger partial charge in [0.25, 0.3) is 0 Å². The topological polar surface area (TPSA) is 69.4 Å². The highest BCUT2D eigenvalue weighted by Gasteiger charge is 2.45. The standard InChI is InChI=1S/C15H21N3O2/c1-10(2)15(19)9-18(8-11(15)3)13-5-6-17-14(20-4)12(13)7-16/h5-6,10-11,19H,8-9H2,1-4H3/t11-,15-/m1/s1. The molecule has 1 fully saturated rings. The molecule has 0 unspecified atom stereocenters. The van der Waals surface area contributed by atoms with Gasteiger partial charge in [0.1, 0.15) is 11.6 Å². The van der Waals surface area contributed by atoms with Crippen molar-refractivity contribution in [3.05, 3.63) is 17.8 Å². The minimum absolute atomic E-state index is 0.146. The molecule has 0 amide bonds. The van der Waals surface area contributed by atoms with Crippen LogP contribution in [0.15, 0.2) is 12.3 Å². The summed E-state index contributed by atoms with van der Waals surface area (Å²) in [7, 11) is 1.50. The van der Waals surface area contributed by atoms with E-state index in [9.17, 15) is 10.4 Å². The Morgan fingerprint density at radius 3 is 2.80 bits per heavy atom. The minimum atomic E-state index is -0.733. The number of hydrogen-bond acceptors (Lipinski definition) is 5. The van der Waals surface area contributed by atoms with Crippen molar-refractivity contribution in [1.82, 2.24) is 4.98 Å². The monoisotopic (exact) mass is 275 g/mol. The molecule has 1 aromatic heterocycles. The van der Waals surface area contributed by atoms with Crippen LogP contribution in [0.2, 0.25) is 0 Å². The maximum atomic E-state index is 10.8. The highest BCUT2D eigenvalue weighted by Crippen LogP contribution is 2.38. The average Bonchev–Trinajstić information content (AvgIpc) is 2.75. The Bertz CT molecular complexity index is 538. The second-order valence-electron chi connectivity index (χ2n) is 5.75. The normalized spacial score (nSPS) is 25.9. The van der Waals surface area contributed by atoms with Crippen LogP contribution in [-0.4, -0.2) is 35.9 Å². The Labute approximate surface area is 119 Å². The molecule has 0 aliphatic carbocycles. The first kappa shape index (κ1) is 14.6. The third-order valence-corrected chi connectivity index (χ3v) is 4.33. The van der Waals surface area contributed by atoms with Crippen LogP contribution in [0.5, 0.6) is 5.88 Å². The van der Waals surface area contributed by atoms with Crippen LogP contribution in [0.3, 0.4) is 0 Å². The molecule has 2 heterocycles. The first-order valence-corrected chi connectivity index (χ1v) is 6.84. The number of β-amino-alcohol motifs (C(OH)–C–C–N with tert-alkyl or cyclic N) is 1. The molecular formula is C15H21N3O2. The summed E-state index contributed by atoms with van der Waals surface area (Å²) in [4.78, 5) is 6.11. The Kier molecular flexibility index (Phi) is 3.87. The molecule has 1 saturated heterocycles. The largest absolute Gasteiger partial charge is 0.480 e. The lowest BCUT2D eigenvalue weighted by Gasteiger charge is -2.31. The molecule has 2 atom stereocenters. The Morgan fingerprint density at radius 2 is 2.30 bits per heavy atom. The summed E-state index contributed by atoms with van der Waals surface area (Å²) in [5.41, 5.74) is 0.474. The van der Waals surface area contributed by atoms with Crippen molar-refractivity contribution in [3.63, 3.8) is 0 Å². The summed E-state index contributed by atoms with van der Waals surface area (Å²) in [6.45, 7) is 7.34. The SMILES string of the molecule is COc1nccc(N2C[C@@H](C)[C@](O)(C(C)C)C2)c1C#N. The van der Waals surface area contributed by atoms with E-state index >= 15 is 0 Å². The number of nitrogens with zero attached hydrogens (tertiary/aromatic N) is 3. The second-order valence-corrected chi connectivity index (χ2v) is 5.75. The number of nitriles is 1. The van der Waals surface area contributed by atoms with E-state index in [2.05, 4.69) is 11.1 Å². The van der Waals surface area contributed by atoms with Crippen LogP contribution in [0, 0.1) is 23.2 Å². The molecule has 1 N–H and O–H groups in total. The van der Waals surface area contributed by atoms with Gasteiger partial charge in [-0.05, 0) is 12.0 Å². The van der Waals surface area contributed by atoms with Crippen LogP contribution >= 0.6 is 0 Å². The summed E-state index contributed by atoms with van der Waals surface area (Å²) >= 11 is 0. The summed E-state index contributed by atoms with van der Waals surface area (Å²) in [5, 5.41) is 20.1. The fraction of sp³-hybridized carbons (Fsp3) is 0.600. The average molecular weight is 275 g/mol. The zero-order chi connectivity index (χ0) is 14.9. The Hall–Kier alpha value is -1.80. The number of ether oxygens (including phenoxy) is 1.